The maximum atomic E-state index is 12.4. The number of ether oxygens (including phenoxy) is 2. The van der Waals surface area contributed by atoms with Crippen LogP contribution in [0.2, 0.25) is 0 Å². The maximum absolute atomic E-state index is 12.4. The second-order valence-electron chi connectivity index (χ2n) is 6.56. The van der Waals surface area contributed by atoms with E-state index in [1.54, 1.807) is 40.0 Å². The van der Waals surface area contributed by atoms with Crippen molar-refractivity contribution in [1.29, 1.82) is 0 Å². The third-order valence-corrected chi connectivity index (χ3v) is 6.23. The molecule has 6 nitrogen and oxygen atoms in total. The standard InChI is InChI=1S/C16H23NO5S/c1-16(2,3)23(19,20)11-17(15(18)14-10-22-14)9-12-5-7-13(21-4)8-6-12/h5-8,14H,9-11H2,1-4H3/t14-/m1/s1. The van der Waals surface area contributed by atoms with E-state index in [9.17, 15) is 13.2 Å². The summed E-state index contributed by atoms with van der Waals surface area (Å²) >= 11 is 0. The minimum absolute atomic E-state index is 0.220. The van der Waals surface area contributed by atoms with Crippen molar-refractivity contribution in [3.63, 3.8) is 0 Å². The lowest BCUT2D eigenvalue weighted by atomic mass is 10.2. The Bertz CT molecular complexity index is 657. The zero-order valence-corrected chi connectivity index (χ0v) is 14.7. The molecule has 1 aromatic carbocycles. The Balaban J connectivity index is 2.18. The van der Waals surface area contributed by atoms with E-state index in [1.807, 2.05) is 12.1 Å². The fourth-order valence-electron chi connectivity index (χ4n) is 1.93. The van der Waals surface area contributed by atoms with E-state index in [0.717, 1.165) is 5.56 Å². The molecule has 128 valence electrons. The molecule has 0 saturated carbocycles. The topological polar surface area (TPSA) is 76.2 Å². The fraction of sp³-hybridized carbons (Fsp3) is 0.562. The lowest BCUT2D eigenvalue weighted by molar-refractivity contribution is -0.132. The van der Waals surface area contributed by atoms with Gasteiger partial charge >= 0.3 is 0 Å². The molecule has 1 atom stereocenters. The van der Waals surface area contributed by atoms with Gasteiger partial charge in [0.15, 0.2) is 15.9 Å². The van der Waals surface area contributed by atoms with Crippen molar-refractivity contribution in [2.45, 2.75) is 38.2 Å². The SMILES string of the molecule is COc1ccc(CN(CS(=O)(=O)C(C)(C)C)C(=O)[C@H]2CO2)cc1. The van der Waals surface area contributed by atoms with Gasteiger partial charge in [-0.2, -0.15) is 0 Å². The van der Waals surface area contributed by atoms with Crippen molar-refractivity contribution in [2.75, 3.05) is 19.6 Å². The van der Waals surface area contributed by atoms with Gasteiger partial charge in [0.05, 0.1) is 18.5 Å². The Kier molecular flexibility index (Phi) is 5.01. The highest BCUT2D eigenvalue weighted by atomic mass is 32.2. The fourth-order valence-corrected chi connectivity index (χ4v) is 2.95. The Morgan fingerprint density at radius 1 is 1.30 bits per heavy atom. The van der Waals surface area contributed by atoms with E-state index >= 15 is 0 Å². The quantitative estimate of drug-likeness (QED) is 0.735. The zero-order valence-electron chi connectivity index (χ0n) is 13.9. The van der Waals surface area contributed by atoms with Crippen molar-refractivity contribution >= 4 is 15.7 Å². The minimum atomic E-state index is -3.46. The highest BCUT2D eigenvalue weighted by molar-refractivity contribution is 7.92. The van der Waals surface area contributed by atoms with E-state index in [1.165, 1.54) is 4.90 Å². The maximum Gasteiger partial charge on any atom is 0.255 e. The minimum Gasteiger partial charge on any atom is -0.497 e. The lowest BCUT2D eigenvalue weighted by Crippen LogP contribution is -2.43. The number of sulfone groups is 1. The molecule has 0 unspecified atom stereocenters. The van der Waals surface area contributed by atoms with E-state index in [2.05, 4.69) is 0 Å². The Hall–Kier alpha value is -1.60. The first-order valence-corrected chi connectivity index (χ1v) is 9.05. The Labute approximate surface area is 137 Å². The van der Waals surface area contributed by atoms with Crippen molar-refractivity contribution in [2.24, 2.45) is 0 Å². The second-order valence-corrected chi connectivity index (χ2v) is 9.27. The summed E-state index contributed by atoms with van der Waals surface area (Å²) in [7, 11) is -1.88. The van der Waals surface area contributed by atoms with Crippen LogP contribution in [-0.2, 0) is 25.9 Å². The zero-order chi connectivity index (χ0) is 17.3. The number of carbonyl (C=O) groups excluding carboxylic acids is 1. The van der Waals surface area contributed by atoms with E-state index in [0.29, 0.717) is 12.4 Å². The van der Waals surface area contributed by atoms with Gasteiger partial charge in [-0.1, -0.05) is 12.1 Å². The number of hydrogen-bond acceptors (Lipinski definition) is 5. The summed E-state index contributed by atoms with van der Waals surface area (Å²) in [4.78, 5) is 13.7. The predicted octanol–water partition coefficient (Wildman–Crippen LogP) is 1.59. The van der Waals surface area contributed by atoms with Crippen molar-refractivity contribution in [3.8, 4) is 5.75 Å². The van der Waals surface area contributed by atoms with E-state index in [-0.39, 0.29) is 18.3 Å². The highest BCUT2D eigenvalue weighted by Gasteiger charge is 2.39. The molecule has 1 amide bonds. The molecule has 0 N–H and O–H groups in total. The lowest BCUT2D eigenvalue weighted by Gasteiger charge is -2.27. The molecule has 1 aliphatic rings. The predicted molar refractivity (Wildman–Crippen MR) is 86.8 cm³/mol. The van der Waals surface area contributed by atoms with Crippen LogP contribution < -0.4 is 4.74 Å². The normalized spacial score (nSPS) is 17.7. The molecule has 0 bridgehead atoms. The average molecular weight is 341 g/mol. The van der Waals surface area contributed by atoms with Gasteiger partial charge in [-0.05, 0) is 38.5 Å². The van der Waals surface area contributed by atoms with Gasteiger partial charge < -0.3 is 14.4 Å². The van der Waals surface area contributed by atoms with Gasteiger partial charge in [0.25, 0.3) is 5.91 Å². The molecular weight excluding hydrogens is 318 g/mol. The third-order valence-electron chi connectivity index (χ3n) is 3.71. The summed E-state index contributed by atoms with van der Waals surface area (Å²) in [5, 5.41) is 0. The van der Waals surface area contributed by atoms with E-state index in [4.69, 9.17) is 9.47 Å². The van der Waals surface area contributed by atoms with Crippen LogP contribution in [0.1, 0.15) is 26.3 Å². The highest BCUT2D eigenvalue weighted by Crippen LogP contribution is 2.22. The van der Waals surface area contributed by atoms with Crippen LogP contribution in [0.15, 0.2) is 24.3 Å². The van der Waals surface area contributed by atoms with Gasteiger partial charge in [0.1, 0.15) is 11.6 Å². The number of epoxide rings is 1. The average Bonchev–Trinajstić information content (AvgIpc) is 3.30. The summed E-state index contributed by atoms with van der Waals surface area (Å²) in [6, 6.07) is 7.20. The number of nitrogens with zero attached hydrogens (tertiary/aromatic N) is 1. The van der Waals surface area contributed by atoms with Crippen LogP contribution >= 0.6 is 0 Å². The molecular formula is C16H23NO5S. The van der Waals surface area contributed by atoms with Crippen molar-refractivity contribution < 1.29 is 22.7 Å². The molecule has 0 spiro atoms. The summed E-state index contributed by atoms with van der Waals surface area (Å²) in [5.41, 5.74) is 0.837. The third kappa shape index (κ3) is 4.45. The molecule has 1 aromatic rings. The molecule has 0 radical (unpaired) electrons. The first-order valence-electron chi connectivity index (χ1n) is 7.39. The van der Waals surface area contributed by atoms with Crippen molar-refractivity contribution in [1.82, 2.24) is 4.90 Å². The van der Waals surface area contributed by atoms with Gasteiger partial charge in [0.2, 0.25) is 0 Å². The van der Waals surface area contributed by atoms with Gasteiger partial charge in [-0.15, -0.1) is 0 Å². The molecule has 0 aliphatic carbocycles. The number of hydrogen-bond donors (Lipinski definition) is 0. The molecule has 1 fully saturated rings. The first kappa shape index (κ1) is 17.7. The number of methoxy groups -OCH3 is 1. The first-order chi connectivity index (χ1) is 10.6. The largest absolute Gasteiger partial charge is 0.497 e. The number of amides is 1. The van der Waals surface area contributed by atoms with Gasteiger partial charge in [-0.25, -0.2) is 8.42 Å². The number of benzene rings is 1. The van der Waals surface area contributed by atoms with Crippen LogP contribution in [-0.4, -0.2) is 49.7 Å². The Morgan fingerprint density at radius 2 is 1.87 bits per heavy atom. The summed E-state index contributed by atoms with van der Waals surface area (Å²) in [6.07, 6.45) is -0.511. The van der Waals surface area contributed by atoms with E-state index < -0.39 is 20.7 Å². The number of rotatable bonds is 6. The monoisotopic (exact) mass is 341 g/mol. The van der Waals surface area contributed by atoms with Gasteiger partial charge in [-0.3, -0.25) is 4.79 Å². The molecule has 1 saturated heterocycles. The van der Waals surface area contributed by atoms with Crippen molar-refractivity contribution in [3.05, 3.63) is 29.8 Å². The van der Waals surface area contributed by atoms with Crippen LogP contribution in [0.3, 0.4) is 0 Å². The van der Waals surface area contributed by atoms with Gasteiger partial charge in [0, 0.05) is 6.54 Å². The van der Waals surface area contributed by atoms with Crippen LogP contribution in [0.25, 0.3) is 0 Å². The summed E-state index contributed by atoms with van der Waals surface area (Å²) in [5.74, 6) is 0.106. The summed E-state index contributed by atoms with van der Waals surface area (Å²) in [6.45, 7) is 5.47. The molecule has 1 aliphatic heterocycles. The molecule has 0 aromatic heterocycles. The van der Waals surface area contributed by atoms with Crippen LogP contribution in [0.4, 0.5) is 0 Å². The molecule has 7 heteroatoms. The molecule has 23 heavy (non-hydrogen) atoms. The molecule has 2 rings (SSSR count). The summed E-state index contributed by atoms with van der Waals surface area (Å²) < 4.78 is 34.1. The number of carbonyl (C=O) groups is 1. The van der Waals surface area contributed by atoms with Crippen LogP contribution in [0, 0.1) is 0 Å². The Morgan fingerprint density at radius 3 is 2.30 bits per heavy atom. The molecule has 1 heterocycles. The second kappa shape index (κ2) is 6.49. The smallest absolute Gasteiger partial charge is 0.255 e. The van der Waals surface area contributed by atoms with Crippen LogP contribution in [0.5, 0.6) is 5.75 Å².